The lowest BCUT2D eigenvalue weighted by Gasteiger charge is -2.00. The van der Waals surface area contributed by atoms with Crippen molar-refractivity contribution in [3.8, 4) is 0 Å². The van der Waals surface area contributed by atoms with E-state index in [1.807, 2.05) is 0 Å². The van der Waals surface area contributed by atoms with Crippen LogP contribution in [0.1, 0.15) is 5.56 Å². The Hall–Kier alpha value is -1.87. The molecule has 2 rings (SSSR count). The maximum atomic E-state index is 6.67. The molecule has 0 amide bonds. The van der Waals surface area contributed by atoms with Gasteiger partial charge in [-0.15, -0.1) is 0 Å². The quantitative estimate of drug-likeness (QED) is 0.427. The Bertz CT molecular complexity index is 641. The second-order valence-corrected chi connectivity index (χ2v) is 4.69. The van der Waals surface area contributed by atoms with E-state index in [0.717, 1.165) is 5.56 Å². The summed E-state index contributed by atoms with van der Waals surface area (Å²) in [5, 5.41) is 1.13. The maximum Gasteiger partial charge on any atom is 0.207 e. The van der Waals surface area contributed by atoms with Gasteiger partial charge in [0.15, 0.2) is 0 Å². The molecule has 7 heteroatoms. The molecule has 0 spiro atoms. The third-order valence-corrected chi connectivity index (χ3v) is 3.07. The van der Waals surface area contributed by atoms with Crippen LogP contribution < -0.4 is 17.2 Å². The second-order valence-electron chi connectivity index (χ2n) is 3.88. The first-order valence-corrected chi connectivity index (χ1v) is 6.40. The van der Waals surface area contributed by atoms with Crippen LogP contribution in [0, 0.1) is 6.57 Å². The smallest absolute Gasteiger partial charge is 0.207 e. The number of rotatable bonds is 1. The lowest BCUT2D eigenvalue weighted by molar-refractivity contribution is 1.07. The number of nitrogens with two attached hydrogens (primary N) is 3. The molecular formula is C14H14BCl2N4. The average Bonchev–Trinajstić information content (AvgIpc) is 2.44. The van der Waals surface area contributed by atoms with Crippen molar-refractivity contribution in [2.75, 3.05) is 11.5 Å². The predicted octanol–water partition coefficient (Wildman–Crippen LogP) is 3.47. The minimum Gasteiger partial charge on any atom is -0.400 e. The van der Waals surface area contributed by atoms with Gasteiger partial charge in [-0.2, -0.15) is 0 Å². The monoisotopic (exact) mass is 319 g/mol. The van der Waals surface area contributed by atoms with Gasteiger partial charge in [0.1, 0.15) is 0 Å². The largest absolute Gasteiger partial charge is 0.400 e. The fraction of sp³-hybridized carbons (Fsp3) is 0.0714. The molecule has 0 aliphatic heterocycles. The summed E-state index contributed by atoms with van der Waals surface area (Å²) >= 11 is 11.4. The van der Waals surface area contributed by atoms with Crippen molar-refractivity contribution >= 4 is 48.7 Å². The summed E-state index contributed by atoms with van der Waals surface area (Å²) in [5.74, 6) is 0. The van der Waals surface area contributed by atoms with Crippen molar-refractivity contribution < 1.29 is 0 Å². The fourth-order valence-corrected chi connectivity index (χ4v) is 1.72. The molecule has 0 atom stereocenters. The van der Waals surface area contributed by atoms with Crippen LogP contribution in [-0.4, -0.2) is 8.41 Å². The van der Waals surface area contributed by atoms with E-state index in [1.165, 1.54) is 0 Å². The third kappa shape index (κ3) is 5.96. The molecule has 0 saturated carbocycles. The van der Waals surface area contributed by atoms with Gasteiger partial charge in [-0.05, 0) is 35.9 Å². The van der Waals surface area contributed by atoms with Gasteiger partial charge in [0, 0.05) is 36.4 Å². The minimum atomic E-state index is 0. The van der Waals surface area contributed by atoms with E-state index in [-0.39, 0.29) is 8.41 Å². The molecule has 107 valence electrons. The summed E-state index contributed by atoms with van der Waals surface area (Å²) in [4.78, 5) is 3.17. The van der Waals surface area contributed by atoms with Crippen molar-refractivity contribution in [1.29, 1.82) is 0 Å². The molecule has 2 aromatic rings. The summed E-state index contributed by atoms with van der Waals surface area (Å²) in [5.41, 5.74) is 18.8. The van der Waals surface area contributed by atoms with Crippen LogP contribution in [0.3, 0.4) is 0 Å². The van der Waals surface area contributed by atoms with Gasteiger partial charge in [-0.1, -0.05) is 29.3 Å². The molecule has 3 radical (unpaired) electrons. The Morgan fingerprint density at radius 3 is 1.90 bits per heavy atom. The highest BCUT2D eigenvalue weighted by atomic mass is 35.5. The van der Waals surface area contributed by atoms with Crippen molar-refractivity contribution in [3.63, 3.8) is 0 Å². The number of hydrogen-bond donors (Lipinski definition) is 3. The molecular weight excluding hydrogens is 306 g/mol. The second kappa shape index (κ2) is 9.14. The zero-order valence-corrected chi connectivity index (χ0v) is 12.7. The highest BCUT2D eigenvalue weighted by Crippen LogP contribution is 2.26. The maximum absolute atomic E-state index is 6.67. The number of benzene rings is 2. The summed E-state index contributed by atoms with van der Waals surface area (Å²) in [6.45, 7) is 7.10. The van der Waals surface area contributed by atoms with Crippen LogP contribution in [0.2, 0.25) is 10.0 Å². The topological polar surface area (TPSA) is 82.4 Å². The Morgan fingerprint density at radius 2 is 1.48 bits per heavy atom. The van der Waals surface area contributed by atoms with E-state index in [1.54, 1.807) is 36.4 Å². The van der Waals surface area contributed by atoms with Crippen molar-refractivity contribution in [2.24, 2.45) is 5.73 Å². The molecule has 2 aromatic carbocycles. The Morgan fingerprint density at radius 1 is 0.952 bits per heavy atom. The van der Waals surface area contributed by atoms with E-state index < -0.39 is 0 Å². The van der Waals surface area contributed by atoms with E-state index in [4.69, 9.17) is 47.0 Å². The standard InChI is InChI=1S/C7H5ClN2.C7H9ClN2.B/c1-10-7-4-5(9)2-3-6(7)8;8-7-2-1-6(10)3-5(7)4-9;/h2-4H,9H2;1-3H,4,9-10H2;. The first-order valence-electron chi connectivity index (χ1n) is 5.64. The predicted molar refractivity (Wildman–Crippen MR) is 91.6 cm³/mol. The first kappa shape index (κ1) is 19.1. The normalized spacial score (nSPS) is 8.86. The lowest BCUT2D eigenvalue weighted by Crippen LogP contribution is -1.98. The van der Waals surface area contributed by atoms with Gasteiger partial charge in [0.25, 0.3) is 0 Å². The van der Waals surface area contributed by atoms with E-state index in [0.29, 0.717) is 33.7 Å². The number of nitrogens with zero attached hydrogens (tertiary/aromatic N) is 1. The molecule has 0 aliphatic rings. The SMILES string of the molecule is NCc1cc(N)ccc1Cl.[B].[C-]#[N+]c1cc(N)ccc1Cl. The molecule has 6 N–H and O–H groups in total. The zero-order chi connectivity index (χ0) is 15.1. The molecule has 0 heterocycles. The van der Waals surface area contributed by atoms with Crippen LogP contribution in [-0.2, 0) is 6.54 Å². The Kier molecular flexibility index (Phi) is 8.33. The first-order chi connectivity index (χ1) is 9.47. The van der Waals surface area contributed by atoms with Crippen LogP contribution in [0.15, 0.2) is 36.4 Å². The van der Waals surface area contributed by atoms with Crippen LogP contribution >= 0.6 is 23.2 Å². The molecule has 4 nitrogen and oxygen atoms in total. The highest BCUT2D eigenvalue weighted by molar-refractivity contribution is 6.33. The van der Waals surface area contributed by atoms with Gasteiger partial charge >= 0.3 is 0 Å². The summed E-state index contributed by atoms with van der Waals surface area (Å²) in [6.07, 6.45) is 0. The highest BCUT2D eigenvalue weighted by Gasteiger charge is 1.97. The number of nitrogen functional groups attached to an aromatic ring is 2. The summed E-state index contributed by atoms with van der Waals surface area (Å²) in [7, 11) is 0. The van der Waals surface area contributed by atoms with Gasteiger partial charge in [0.2, 0.25) is 5.69 Å². The van der Waals surface area contributed by atoms with Gasteiger partial charge in [0.05, 0.1) is 6.57 Å². The van der Waals surface area contributed by atoms with Crippen LogP contribution in [0.4, 0.5) is 17.1 Å². The van der Waals surface area contributed by atoms with Gasteiger partial charge in [-0.3, -0.25) is 0 Å². The van der Waals surface area contributed by atoms with Crippen molar-refractivity contribution in [1.82, 2.24) is 0 Å². The van der Waals surface area contributed by atoms with Crippen LogP contribution in [0.5, 0.6) is 0 Å². The number of anilines is 2. The number of halogens is 2. The molecule has 21 heavy (non-hydrogen) atoms. The summed E-state index contributed by atoms with van der Waals surface area (Å²) < 4.78 is 0. The Labute approximate surface area is 136 Å². The minimum absolute atomic E-state index is 0. The fourth-order valence-electron chi connectivity index (χ4n) is 1.37. The van der Waals surface area contributed by atoms with E-state index in [2.05, 4.69) is 4.85 Å². The molecule has 0 unspecified atom stereocenters. The van der Waals surface area contributed by atoms with Crippen LogP contribution in [0.25, 0.3) is 4.85 Å². The zero-order valence-electron chi connectivity index (χ0n) is 11.2. The van der Waals surface area contributed by atoms with Crippen molar-refractivity contribution in [2.45, 2.75) is 6.54 Å². The molecule has 0 aromatic heterocycles. The number of hydrogen-bond acceptors (Lipinski definition) is 3. The molecule has 0 saturated heterocycles. The van der Waals surface area contributed by atoms with Crippen molar-refractivity contribution in [3.05, 3.63) is 63.4 Å². The molecule has 0 aliphatic carbocycles. The van der Waals surface area contributed by atoms with Gasteiger partial charge < -0.3 is 17.2 Å². The molecule has 0 bridgehead atoms. The van der Waals surface area contributed by atoms with Gasteiger partial charge in [-0.25, -0.2) is 4.85 Å². The van der Waals surface area contributed by atoms with E-state index >= 15 is 0 Å². The van der Waals surface area contributed by atoms with E-state index in [9.17, 15) is 0 Å². The summed E-state index contributed by atoms with van der Waals surface area (Å²) in [6, 6.07) is 10.1. The lowest BCUT2D eigenvalue weighted by atomic mass is 10.2. The Balaban J connectivity index is 0.000000364. The third-order valence-electron chi connectivity index (χ3n) is 2.38. The molecule has 0 fully saturated rings. The average molecular weight is 320 g/mol.